The Morgan fingerprint density at radius 3 is 2.58 bits per heavy atom. The van der Waals surface area contributed by atoms with Gasteiger partial charge in [-0.1, -0.05) is 47.5 Å². The third-order valence-corrected chi connectivity index (χ3v) is 4.46. The van der Waals surface area contributed by atoms with Gasteiger partial charge in [-0.3, -0.25) is 9.89 Å². The normalized spacial score (nSPS) is 11.0. The van der Waals surface area contributed by atoms with Crippen LogP contribution in [0, 0.1) is 0 Å². The summed E-state index contributed by atoms with van der Waals surface area (Å²) in [6, 6.07) is 12.1. The van der Waals surface area contributed by atoms with Crippen molar-refractivity contribution < 1.29 is 13.6 Å². The van der Waals surface area contributed by atoms with Crippen LogP contribution >= 0.6 is 23.2 Å². The van der Waals surface area contributed by atoms with E-state index in [0.29, 0.717) is 26.9 Å². The van der Waals surface area contributed by atoms with Crippen LogP contribution in [0.2, 0.25) is 10.0 Å². The SMILES string of the molecule is CN(C(=O)c1cn[nH]c1C(F)F)c1ccccc1-c1ccc(Cl)cc1Cl. The van der Waals surface area contributed by atoms with Gasteiger partial charge in [0.25, 0.3) is 12.3 Å². The second-order valence-electron chi connectivity index (χ2n) is 5.50. The summed E-state index contributed by atoms with van der Waals surface area (Å²) in [7, 11) is 1.51. The van der Waals surface area contributed by atoms with Crippen molar-refractivity contribution in [2.45, 2.75) is 6.43 Å². The van der Waals surface area contributed by atoms with Crippen molar-refractivity contribution in [3.63, 3.8) is 0 Å². The Hall–Kier alpha value is -2.44. The van der Waals surface area contributed by atoms with Gasteiger partial charge in [0.1, 0.15) is 5.69 Å². The predicted octanol–water partition coefficient (Wildman–Crippen LogP) is 5.60. The van der Waals surface area contributed by atoms with Crippen molar-refractivity contribution in [1.82, 2.24) is 10.2 Å². The van der Waals surface area contributed by atoms with Crippen LogP contribution in [0.3, 0.4) is 0 Å². The minimum Gasteiger partial charge on any atom is -0.311 e. The first-order valence-corrected chi connectivity index (χ1v) is 8.29. The summed E-state index contributed by atoms with van der Waals surface area (Å²) in [5.41, 5.74) is 1.17. The Bertz CT molecular complexity index is 959. The molecule has 0 unspecified atom stereocenters. The molecule has 1 N–H and O–H groups in total. The molecule has 0 saturated heterocycles. The Morgan fingerprint density at radius 2 is 1.88 bits per heavy atom. The van der Waals surface area contributed by atoms with Crippen molar-refractivity contribution >= 4 is 34.8 Å². The minimum atomic E-state index is -2.83. The van der Waals surface area contributed by atoms with Gasteiger partial charge in [-0.05, 0) is 18.2 Å². The van der Waals surface area contributed by atoms with Crippen LogP contribution in [-0.2, 0) is 0 Å². The first kappa shape index (κ1) is 18.4. The van der Waals surface area contributed by atoms with Crippen molar-refractivity contribution in [1.29, 1.82) is 0 Å². The van der Waals surface area contributed by atoms with E-state index >= 15 is 0 Å². The molecule has 1 amide bonds. The lowest BCUT2D eigenvalue weighted by atomic mass is 10.0. The molecule has 0 spiro atoms. The Morgan fingerprint density at radius 1 is 1.15 bits per heavy atom. The van der Waals surface area contributed by atoms with Crippen LogP contribution in [0.5, 0.6) is 0 Å². The number of anilines is 1. The number of aromatic nitrogens is 2. The Kier molecular flexibility index (Phi) is 5.25. The van der Waals surface area contributed by atoms with E-state index in [9.17, 15) is 13.6 Å². The van der Waals surface area contributed by atoms with E-state index in [-0.39, 0.29) is 5.56 Å². The zero-order chi connectivity index (χ0) is 18.8. The number of H-pyrrole nitrogens is 1. The number of aromatic amines is 1. The van der Waals surface area contributed by atoms with E-state index in [4.69, 9.17) is 23.2 Å². The molecule has 2 aromatic carbocycles. The molecule has 0 fully saturated rings. The maximum absolute atomic E-state index is 13.1. The van der Waals surface area contributed by atoms with Gasteiger partial charge in [0, 0.05) is 28.2 Å². The lowest BCUT2D eigenvalue weighted by Crippen LogP contribution is -2.27. The number of amides is 1. The second kappa shape index (κ2) is 7.43. The highest BCUT2D eigenvalue weighted by Gasteiger charge is 2.25. The van der Waals surface area contributed by atoms with E-state index in [1.165, 1.54) is 11.9 Å². The van der Waals surface area contributed by atoms with Crippen LogP contribution in [0.15, 0.2) is 48.7 Å². The molecule has 4 nitrogen and oxygen atoms in total. The second-order valence-corrected chi connectivity index (χ2v) is 6.35. The Balaban J connectivity index is 2.04. The van der Waals surface area contributed by atoms with Gasteiger partial charge in [-0.25, -0.2) is 8.78 Å². The van der Waals surface area contributed by atoms with Crippen molar-refractivity contribution in [3.05, 3.63) is 70.0 Å². The molecule has 134 valence electrons. The smallest absolute Gasteiger partial charge is 0.280 e. The first-order chi connectivity index (χ1) is 12.4. The summed E-state index contributed by atoms with van der Waals surface area (Å²) >= 11 is 12.2. The number of carbonyl (C=O) groups excluding carboxylic acids is 1. The van der Waals surface area contributed by atoms with Gasteiger partial charge < -0.3 is 4.90 Å². The number of nitrogens with one attached hydrogen (secondary N) is 1. The summed E-state index contributed by atoms with van der Waals surface area (Å²) in [5, 5.41) is 6.63. The third kappa shape index (κ3) is 3.43. The third-order valence-electron chi connectivity index (χ3n) is 3.91. The van der Waals surface area contributed by atoms with Crippen molar-refractivity contribution in [2.24, 2.45) is 0 Å². The molecular weight excluding hydrogens is 383 g/mol. The maximum Gasteiger partial charge on any atom is 0.280 e. The van der Waals surface area contributed by atoms with Gasteiger partial charge in [-0.15, -0.1) is 0 Å². The number of alkyl halides is 2. The molecule has 26 heavy (non-hydrogen) atoms. The molecule has 0 bridgehead atoms. The summed E-state index contributed by atoms with van der Waals surface area (Å²) in [4.78, 5) is 14.0. The fourth-order valence-electron chi connectivity index (χ4n) is 2.62. The van der Waals surface area contributed by atoms with Gasteiger partial charge in [0.15, 0.2) is 0 Å². The number of rotatable bonds is 4. The number of para-hydroxylation sites is 1. The van der Waals surface area contributed by atoms with E-state index in [2.05, 4.69) is 10.2 Å². The number of benzene rings is 2. The number of carbonyl (C=O) groups is 1. The summed E-state index contributed by atoms with van der Waals surface area (Å²) in [5.74, 6) is -0.605. The molecule has 1 aromatic heterocycles. The van der Waals surface area contributed by atoms with Gasteiger partial charge in [-0.2, -0.15) is 5.10 Å². The molecule has 0 aliphatic carbocycles. The average Bonchev–Trinajstić information content (AvgIpc) is 3.10. The molecule has 1 heterocycles. The molecule has 0 atom stereocenters. The molecule has 0 saturated carbocycles. The van der Waals surface area contributed by atoms with Crippen LogP contribution in [-0.4, -0.2) is 23.2 Å². The first-order valence-electron chi connectivity index (χ1n) is 7.54. The zero-order valence-corrected chi connectivity index (χ0v) is 15.0. The number of halogens is 4. The lowest BCUT2D eigenvalue weighted by Gasteiger charge is -2.21. The minimum absolute atomic E-state index is 0.181. The van der Waals surface area contributed by atoms with Crippen molar-refractivity contribution in [2.75, 3.05) is 11.9 Å². The van der Waals surface area contributed by atoms with Crippen LogP contribution in [0.1, 0.15) is 22.5 Å². The van der Waals surface area contributed by atoms with Gasteiger partial charge in [0.2, 0.25) is 0 Å². The molecule has 3 rings (SSSR count). The largest absolute Gasteiger partial charge is 0.311 e. The summed E-state index contributed by atoms with van der Waals surface area (Å²) in [6.45, 7) is 0. The average molecular weight is 396 g/mol. The van der Waals surface area contributed by atoms with E-state index in [0.717, 1.165) is 6.20 Å². The highest BCUT2D eigenvalue weighted by atomic mass is 35.5. The molecule has 0 radical (unpaired) electrons. The molecule has 0 aliphatic heterocycles. The predicted molar refractivity (Wildman–Crippen MR) is 98.2 cm³/mol. The fourth-order valence-corrected chi connectivity index (χ4v) is 3.14. The number of hydrogen-bond acceptors (Lipinski definition) is 2. The summed E-state index contributed by atoms with van der Waals surface area (Å²) < 4.78 is 26.1. The molecule has 8 heteroatoms. The quantitative estimate of drug-likeness (QED) is 0.624. The van der Waals surface area contributed by atoms with Crippen LogP contribution < -0.4 is 4.90 Å². The number of nitrogens with zero attached hydrogens (tertiary/aromatic N) is 2. The maximum atomic E-state index is 13.1. The van der Waals surface area contributed by atoms with Crippen molar-refractivity contribution in [3.8, 4) is 11.1 Å². The fraction of sp³-hybridized carbons (Fsp3) is 0.111. The van der Waals surface area contributed by atoms with E-state index < -0.39 is 18.0 Å². The molecule has 3 aromatic rings. The standard InChI is InChI=1S/C18H13Cl2F2N3O/c1-25(18(26)13-9-23-24-16(13)17(21)22)15-5-3-2-4-12(15)11-7-6-10(19)8-14(11)20/h2-9,17H,1H3,(H,23,24). The van der Waals surface area contributed by atoms with Crippen LogP contribution in [0.4, 0.5) is 14.5 Å². The van der Waals surface area contributed by atoms with E-state index in [1.54, 1.807) is 42.5 Å². The number of hydrogen-bond donors (Lipinski definition) is 1. The van der Waals surface area contributed by atoms with E-state index in [1.807, 2.05) is 0 Å². The monoisotopic (exact) mass is 395 g/mol. The summed E-state index contributed by atoms with van der Waals surface area (Å²) in [6.07, 6.45) is -1.73. The lowest BCUT2D eigenvalue weighted by molar-refractivity contribution is 0.0978. The van der Waals surface area contributed by atoms with Crippen LogP contribution in [0.25, 0.3) is 11.1 Å². The Labute approximate surface area is 158 Å². The highest BCUT2D eigenvalue weighted by molar-refractivity contribution is 6.36. The molecular formula is C18H13Cl2F2N3O. The van der Waals surface area contributed by atoms with Gasteiger partial charge in [0.05, 0.1) is 17.4 Å². The van der Waals surface area contributed by atoms with Gasteiger partial charge >= 0.3 is 0 Å². The highest BCUT2D eigenvalue weighted by Crippen LogP contribution is 2.37. The molecule has 0 aliphatic rings. The topological polar surface area (TPSA) is 49.0 Å². The zero-order valence-electron chi connectivity index (χ0n) is 13.5.